The van der Waals surface area contributed by atoms with Gasteiger partial charge in [-0.1, -0.05) is 11.6 Å². The predicted molar refractivity (Wildman–Crippen MR) is 61.6 cm³/mol. The third kappa shape index (κ3) is 2.59. The molecule has 0 aliphatic rings. The van der Waals surface area contributed by atoms with E-state index in [-0.39, 0.29) is 11.7 Å². The number of hydrogen-bond donors (Lipinski definition) is 2. The van der Waals surface area contributed by atoms with Gasteiger partial charge in [0, 0.05) is 4.88 Å². The van der Waals surface area contributed by atoms with Gasteiger partial charge in [0.15, 0.2) is 0 Å². The van der Waals surface area contributed by atoms with E-state index in [0.717, 1.165) is 4.88 Å². The number of carbonyl (C=O) groups is 1. The standard InChI is InChI=1S/C9H9ClN4OS/c1-5-12-8(14-13-5)9(15)11-4-6-2-3-7(10)16-6/h2-3H,4H2,1H3,(H,11,15)(H,12,13,14). The highest BCUT2D eigenvalue weighted by Crippen LogP contribution is 2.20. The number of hydrogen-bond acceptors (Lipinski definition) is 4. The zero-order valence-electron chi connectivity index (χ0n) is 8.45. The van der Waals surface area contributed by atoms with E-state index < -0.39 is 0 Å². The summed E-state index contributed by atoms with van der Waals surface area (Å²) in [6.45, 7) is 2.17. The fraction of sp³-hybridized carbons (Fsp3) is 0.222. The number of aromatic amines is 1. The molecule has 2 aromatic heterocycles. The molecule has 0 bridgehead atoms. The van der Waals surface area contributed by atoms with E-state index in [9.17, 15) is 4.79 Å². The summed E-state index contributed by atoms with van der Waals surface area (Å²) in [5, 5.41) is 9.08. The zero-order valence-corrected chi connectivity index (χ0v) is 10.0. The molecular weight excluding hydrogens is 248 g/mol. The van der Waals surface area contributed by atoms with Crippen LogP contribution in [0.15, 0.2) is 12.1 Å². The van der Waals surface area contributed by atoms with Crippen LogP contribution in [0.2, 0.25) is 4.34 Å². The fourth-order valence-electron chi connectivity index (χ4n) is 1.14. The van der Waals surface area contributed by atoms with Crippen molar-refractivity contribution < 1.29 is 4.79 Å². The molecule has 2 rings (SSSR count). The molecule has 0 aliphatic heterocycles. The Morgan fingerprint density at radius 3 is 3.00 bits per heavy atom. The maximum atomic E-state index is 11.6. The number of H-pyrrole nitrogens is 1. The summed E-state index contributed by atoms with van der Waals surface area (Å²) in [5.41, 5.74) is 0. The van der Waals surface area contributed by atoms with Crippen LogP contribution in [0.1, 0.15) is 21.3 Å². The van der Waals surface area contributed by atoms with Crippen molar-refractivity contribution in [2.45, 2.75) is 13.5 Å². The molecule has 84 valence electrons. The van der Waals surface area contributed by atoms with Crippen molar-refractivity contribution in [2.24, 2.45) is 0 Å². The van der Waals surface area contributed by atoms with E-state index in [2.05, 4.69) is 20.5 Å². The van der Waals surface area contributed by atoms with Crippen LogP contribution in [0.25, 0.3) is 0 Å². The van der Waals surface area contributed by atoms with Gasteiger partial charge in [-0.25, -0.2) is 4.98 Å². The van der Waals surface area contributed by atoms with Crippen LogP contribution in [0, 0.1) is 6.92 Å². The maximum absolute atomic E-state index is 11.6. The lowest BCUT2D eigenvalue weighted by atomic mass is 10.4. The molecule has 1 amide bonds. The Bertz CT molecular complexity index is 507. The first kappa shape index (κ1) is 11.1. The molecule has 0 saturated carbocycles. The Labute approximate surface area is 101 Å². The summed E-state index contributed by atoms with van der Waals surface area (Å²) >= 11 is 7.20. The highest BCUT2D eigenvalue weighted by molar-refractivity contribution is 7.16. The van der Waals surface area contributed by atoms with E-state index in [1.54, 1.807) is 13.0 Å². The largest absolute Gasteiger partial charge is 0.344 e. The van der Waals surface area contributed by atoms with Gasteiger partial charge in [-0.15, -0.1) is 16.4 Å². The van der Waals surface area contributed by atoms with Crippen LogP contribution >= 0.6 is 22.9 Å². The van der Waals surface area contributed by atoms with E-state index in [4.69, 9.17) is 11.6 Å². The van der Waals surface area contributed by atoms with E-state index >= 15 is 0 Å². The maximum Gasteiger partial charge on any atom is 0.291 e. The van der Waals surface area contributed by atoms with Crippen LogP contribution in [0.5, 0.6) is 0 Å². The zero-order chi connectivity index (χ0) is 11.5. The van der Waals surface area contributed by atoms with Crippen LogP contribution < -0.4 is 5.32 Å². The molecule has 0 aromatic carbocycles. The average Bonchev–Trinajstić information content (AvgIpc) is 2.84. The first-order chi connectivity index (χ1) is 7.65. The second kappa shape index (κ2) is 4.63. The summed E-state index contributed by atoms with van der Waals surface area (Å²) in [6, 6.07) is 3.67. The molecule has 2 N–H and O–H groups in total. The van der Waals surface area contributed by atoms with Crippen molar-refractivity contribution in [1.29, 1.82) is 0 Å². The molecule has 0 unspecified atom stereocenters. The Kier molecular flexibility index (Phi) is 3.21. The number of amides is 1. The summed E-state index contributed by atoms with van der Waals surface area (Å²) in [5.74, 6) is 0.471. The highest BCUT2D eigenvalue weighted by Gasteiger charge is 2.10. The molecule has 0 spiro atoms. The third-order valence-corrected chi connectivity index (χ3v) is 3.08. The molecule has 0 aliphatic carbocycles. The summed E-state index contributed by atoms with van der Waals surface area (Å²) in [4.78, 5) is 16.5. The molecule has 0 radical (unpaired) electrons. The molecule has 0 saturated heterocycles. The quantitative estimate of drug-likeness (QED) is 0.879. The Balaban J connectivity index is 1.93. The predicted octanol–water partition coefficient (Wildman–Crippen LogP) is 1.76. The van der Waals surface area contributed by atoms with E-state index in [1.165, 1.54) is 11.3 Å². The third-order valence-electron chi connectivity index (χ3n) is 1.85. The minimum Gasteiger partial charge on any atom is -0.344 e. The number of nitrogens with zero attached hydrogens (tertiary/aromatic N) is 2. The minimum atomic E-state index is -0.297. The summed E-state index contributed by atoms with van der Waals surface area (Å²) in [6.07, 6.45) is 0. The van der Waals surface area contributed by atoms with Crippen molar-refractivity contribution in [3.05, 3.63) is 33.0 Å². The number of thiophene rings is 1. The van der Waals surface area contributed by atoms with Crippen molar-refractivity contribution in [2.75, 3.05) is 0 Å². The molecule has 5 nitrogen and oxygen atoms in total. The lowest BCUT2D eigenvalue weighted by Crippen LogP contribution is -2.23. The first-order valence-electron chi connectivity index (χ1n) is 4.56. The van der Waals surface area contributed by atoms with Crippen molar-refractivity contribution in [3.63, 3.8) is 0 Å². The summed E-state index contributed by atoms with van der Waals surface area (Å²) in [7, 11) is 0. The van der Waals surface area contributed by atoms with Gasteiger partial charge in [0.2, 0.25) is 5.82 Å². The number of aromatic nitrogens is 3. The number of carbonyl (C=O) groups excluding carboxylic acids is 1. The fourth-order valence-corrected chi connectivity index (χ4v) is 2.16. The van der Waals surface area contributed by atoms with Gasteiger partial charge in [-0.05, 0) is 19.1 Å². The summed E-state index contributed by atoms with van der Waals surface area (Å²) < 4.78 is 0.706. The SMILES string of the molecule is Cc1nc(C(=O)NCc2ccc(Cl)s2)n[nH]1. The van der Waals surface area contributed by atoms with Gasteiger partial charge in [-0.2, -0.15) is 0 Å². The minimum absolute atomic E-state index is 0.153. The normalized spacial score (nSPS) is 10.4. The van der Waals surface area contributed by atoms with Crippen LogP contribution in [0.4, 0.5) is 0 Å². The molecule has 2 heterocycles. The average molecular weight is 257 g/mol. The molecule has 16 heavy (non-hydrogen) atoms. The lowest BCUT2D eigenvalue weighted by Gasteiger charge is -1.98. The van der Waals surface area contributed by atoms with Crippen molar-refractivity contribution in [1.82, 2.24) is 20.5 Å². The number of nitrogens with one attached hydrogen (secondary N) is 2. The smallest absolute Gasteiger partial charge is 0.291 e. The topological polar surface area (TPSA) is 70.7 Å². The number of rotatable bonds is 3. The van der Waals surface area contributed by atoms with Gasteiger partial charge in [-0.3, -0.25) is 9.89 Å². The van der Waals surface area contributed by atoms with Crippen molar-refractivity contribution in [3.8, 4) is 0 Å². The number of aryl methyl sites for hydroxylation is 1. The Morgan fingerprint density at radius 1 is 1.62 bits per heavy atom. The van der Waals surface area contributed by atoms with Gasteiger partial charge >= 0.3 is 0 Å². The van der Waals surface area contributed by atoms with E-state index in [0.29, 0.717) is 16.7 Å². The van der Waals surface area contributed by atoms with Gasteiger partial charge in [0.25, 0.3) is 5.91 Å². The van der Waals surface area contributed by atoms with Gasteiger partial charge in [0.1, 0.15) is 5.82 Å². The second-order valence-corrected chi connectivity index (χ2v) is 4.93. The molecule has 2 aromatic rings. The highest BCUT2D eigenvalue weighted by atomic mass is 35.5. The van der Waals surface area contributed by atoms with Crippen LogP contribution in [0.3, 0.4) is 0 Å². The Morgan fingerprint density at radius 2 is 2.44 bits per heavy atom. The lowest BCUT2D eigenvalue weighted by molar-refractivity contribution is 0.0941. The molecular formula is C9H9ClN4OS. The monoisotopic (exact) mass is 256 g/mol. The second-order valence-electron chi connectivity index (χ2n) is 3.13. The molecule has 0 fully saturated rings. The van der Waals surface area contributed by atoms with Gasteiger partial charge < -0.3 is 5.32 Å². The first-order valence-corrected chi connectivity index (χ1v) is 5.76. The molecule has 7 heteroatoms. The molecule has 0 atom stereocenters. The van der Waals surface area contributed by atoms with E-state index in [1.807, 2.05) is 6.07 Å². The number of halogens is 1. The van der Waals surface area contributed by atoms with Crippen LogP contribution in [-0.2, 0) is 6.54 Å². The van der Waals surface area contributed by atoms with Crippen LogP contribution in [-0.4, -0.2) is 21.1 Å². The Hall–Kier alpha value is -1.40. The van der Waals surface area contributed by atoms with Crippen molar-refractivity contribution >= 4 is 28.8 Å². The van der Waals surface area contributed by atoms with Gasteiger partial charge in [0.05, 0.1) is 10.9 Å².